The average Bonchev–Trinajstić information content (AvgIpc) is 3.21. The molecule has 0 spiro atoms. The Labute approximate surface area is 191 Å². The second kappa shape index (κ2) is 10.6. The van der Waals surface area contributed by atoms with Crippen LogP contribution in [0.1, 0.15) is 29.8 Å². The molecule has 0 aliphatic carbocycles. The van der Waals surface area contributed by atoms with Gasteiger partial charge in [-0.05, 0) is 49.2 Å². The van der Waals surface area contributed by atoms with Gasteiger partial charge in [-0.1, -0.05) is 36.4 Å². The Balaban J connectivity index is 1.79. The minimum atomic E-state index is -0.506. The molecular weight excluding hydrogens is 426 g/mol. The molecule has 0 saturated heterocycles. The highest BCUT2D eigenvalue weighted by Gasteiger charge is 2.18. The van der Waals surface area contributed by atoms with Crippen molar-refractivity contribution in [2.75, 3.05) is 19.5 Å². The van der Waals surface area contributed by atoms with E-state index in [-0.39, 0.29) is 12.0 Å². The molecule has 2 aromatic carbocycles. The van der Waals surface area contributed by atoms with Crippen LogP contribution in [0.2, 0.25) is 0 Å². The molecule has 0 aliphatic rings. The number of anilines is 1. The molecule has 0 aliphatic heterocycles. The van der Waals surface area contributed by atoms with Gasteiger partial charge in [0.15, 0.2) is 11.5 Å². The SMILES string of the molecule is COC(=O)c1cc(-c2ccccc2)sc1NC(=O)/C=C/c1ccc(OC(C)C)c(OC)c1. The summed E-state index contributed by atoms with van der Waals surface area (Å²) in [7, 11) is 2.88. The molecule has 32 heavy (non-hydrogen) atoms. The van der Waals surface area contributed by atoms with Crippen LogP contribution >= 0.6 is 11.3 Å². The largest absolute Gasteiger partial charge is 0.493 e. The highest BCUT2D eigenvalue weighted by molar-refractivity contribution is 7.20. The molecule has 3 aromatic rings. The minimum Gasteiger partial charge on any atom is -0.493 e. The standard InChI is InChI=1S/C25H25NO5S/c1-16(2)31-20-12-10-17(14-21(20)29-3)11-13-23(27)26-24-19(25(28)30-4)15-22(32-24)18-8-6-5-7-9-18/h5-16H,1-4H3,(H,26,27)/b13-11+. The number of carbonyl (C=O) groups is 2. The lowest BCUT2D eigenvalue weighted by Gasteiger charge is -2.13. The summed E-state index contributed by atoms with van der Waals surface area (Å²) in [6, 6.07) is 16.8. The number of carbonyl (C=O) groups excluding carboxylic acids is 2. The van der Waals surface area contributed by atoms with Crippen molar-refractivity contribution in [3.8, 4) is 21.9 Å². The van der Waals surface area contributed by atoms with Gasteiger partial charge in [0.25, 0.3) is 0 Å². The fourth-order valence-electron chi connectivity index (χ4n) is 2.95. The molecule has 1 amide bonds. The van der Waals surface area contributed by atoms with Crippen molar-refractivity contribution in [1.29, 1.82) is 0 Å². The normalized spacial score (nSPS) is 10.9. The first kappa shape index (κ1) is 23.1. The first-order chi connectivity index (χ1) is 15.4. The maximum Gasteiger partial charge on any atom is 0.340 e. The molecule has 0 saturated carbocycles. The Morgan fingerprint density at radius 2 is 1.75 bits per heavy atom. The van der Waals surface area contributed by atoms with Crippen LogP contribution in [0.3, 0.4) is 0 Å². The van der Waals surface area contributed by atoms with E-state index in [1.807, 2.05) is 50.2 Å². The van der Waals surface area contributed by atoms with Crippen molar-refractivity contribution in [3.63, 3.8) is 0 Å². The van der Waals surface area contributed by atoms with Crippen LogP contribution in [-0.2, 0) is 9.53 Å². The quantitative estimate of drug-likeness (QED) is 0.354. The van der Waals surface area contributed by atoms with E-state index in [1.54, 1.807) is 31.4 Å². The monoisotopic (exact) mass is 451 g/mol. The average molecular weight is 452 g/mol. The van der Waals surface area contributed by atoms with Crippen molar-refractivity contribution < 1.29 is 23.8 Å². The predicted molar refractivity (Wildman–Crippen MR) is 128 cm³/mol. The van der Waals surface area contributed by atoms with E-state index in [4.69, 9.17) is 14.2 Å². The van der Waals surface area contributed by atoms with Gasteiger partial charge in [-0.15, -0.1) is 11.3 Å². The smallest absolute Gasteiger partial charge is 0.340 e. The number of nitrogens with one attached hydrogen (secondary N) is 1. The first-order valence-electron chi connectivity index (χ1n) is 10.0. The van der Waals surface area contributed by atoms with E-state index in [0.29, 0.717) is 22.1 Å². The number of hydrogen-bond donors (Lipinski definition) is 1. The van der Waals surface area contributed by atoms with Gasteiger partial charge in [0.05, 0.1) is 25.9 Å². The highest BCUT2D eigenvalue weighted by atomic mass is 32.1. The Bertz CT molecular complexity index is 1120. The van der Waals surface area contributed by atoms with E-state index in [9.17, 15) is 9.59 Å². The van der Waals surface area contributed by atoms with Crippen molar-refractivity contribution >= 4 is 34.3 Å². The lowest BCUT2D eigenvalue weighted by atomic mass is 10.1. The lowest BCUT2D eigenvalue weighted by molar-refractivity contribution is -0.111. The third-order valence-electron chi connectivity index (χ3n) is 4.41. The summed E-state index contributed by atoms with van der Waals surface area (Å²) >= 11 is 1.32. The summed E-state index contributed by atoms with van der Waals surface area (Å²) in [5.41, 5.74) is 2.04. The van der Waals surface area contributed by atoms with E-state index >= 15 is 0 Å². The zero-order chi connectivity index (χ0) is 23.1. The molecule has 0 bridgehead atoms. The summed E-state index contributed by atoms with van der Waals surface area (Å²) < 4.78 is 16.0. The van der Waals surface area contributed by atoms with Crippen molar-refractivity contribution in [1.82, 2.24) is 0 Å². The number of ether oxygens (including phenoxy) is 3. The predicted octanol–water partition coefficient (Wildman–Crippen LogP) is 5.65. The molecule has 7 heteroatoms. The third-order valence-corrected chi connectivity index (χ3v) is 5.51. The fraction of sp³-hybridized carbons (Fsp3) is 0.200. The van der Waals surface area contributed by atoms with Gasteiger partial charge in [0.1, 0.15) is 5.00 Å². The zero-order valence-corrected chi connectivity index (χ0v) is 19.2. The van der Waals surface area contributed by atoms with Crippen molar-refractivity contribution in [2.24, 2.45) is 0 Å². The van der Waals surface area contributed by atoms with Gasteiger partial charge in [0.2, 0.25) is 5.91 Å². The van der Waals surface area contributed by atoms with Gasteiger partial charge in [-0.25, -0.2) is 4.79 Å². The molecule has 1 N–H and O–H groups in total. The van der Waals surface area contributed by atoms with Crippen LogP contribution < -0.4 is 14.8 Å². The minimum absolute atomic E-state index is 0.0200. The lowest BCUT2D eigenvalue weighted by Crippen LogP contribution is -2.10. The molecule has 1 heterocycles. The summed E-state index contributed by atoms with van der Waals surface area (Å²) in [4.78, 5) is 25.6. The maximum atomic E-state index is 12.6. The molecule has 0 unspecified atom stereocenters. The molecule has 0 fully saturated rings. The molecule has 0 radical (unpaired) electrons. The number of methoxy groups -OCH3 is 2. The zero-order valence-electron chi connectivity index (χ0n) is 18.4. The molecule has 3 rings (SSSR count). The Hall–Kier alpha value is -3.58. The van der Waals surface area contributed by atoms with Crippen LogP contribution in [0.5, 0.6) is 11.5 Å². The molecular formula is C25H25NO5S. The summed E-state index contributed by atoms with van der Waals surface area (Å²) in [5, 5.41) is 3.22. The van der Waals surface area contributed by atoms with E-state index in [0.717, 1.165) is 16.0 Å². The maximum absolute atomic E-state index is 12.6. The summed E-state index contributed by atoms with van der Waals surface area (Å²) in [6.07, 6.45) is 3.09. The van der Waals surface area contributed by atoms with E-state index in [1.165, 1.54) is 24.5 Å². The first-order valence-corrected chi connectivity index (χ1v) is 10.8. The molecule has 0 atom stereocenters. The Morgan fingerprint density at radius 1 is 1.00 bits per heavy atom. The number of thiophene rings is 1. The van der Waals surface area contributed by atoms with Crippen LogP contribution in [0.4, 0.5) is 5.00 Å². The third kappa shape index (κ3) is 5.76. The Morgan fingerprint density at radius 3 is 2.41 bits per heavy atom. The van der Waals surface area contributed by atoms with Crippen molar-refractivity contribution in [2.45, 2.75) is 20.0 Å². The second-order valence-corrected chi connectivity index (χ2v) is 8.16. The van der Waals surface area contributed by atoms with Crippen LogP contribution in [-0.4, -0.2) is 32.2 Å². The van der Waals surface area contributed by atoms with Gasteiger partial charge in [0, 0.05) is 11.0 Å². The summed E-state index contributed by atoms with van der Waals surface area (Å²) in [5.74, 6) is 0.352. The van der Waals surface area contributed by atoms with Gasteiger partial charge in [-0.3, -0.25) is 4.79 Å². The number of amides is 1. The summed E-state index contributed by atoms with van der Waals surface area (Å²) in [6.45, 7) is 3.88. The number of benzene rings is 2. The van der Waals surface area contributed by atoms with E-state index in [2.05, 4.69) is 5.32 Å². The Kier molecular flexibility index (Phi) is 7.68. The van der Waals surface area contributed by atoms with Crippen LogP contribution in [0.15, 0.2) is 60.7 Å². The topological polar surface area (TPSA) is 73.9 Å². The molecule has 1 aromatic heterocycles. The molecule has 6 nitrogen and oxygen atoms in total. The fourth-order valence-corrected chi connectivity index (χ4v) is 4.01. The number of hydrogen-bond acceptors (Lipinski definition) is 6. The van der Waals surface area contributed by atoms with Crippen molar-refractivity contribution in [3.05, 3.63) is 71.8 Å². The van der Waals surface area contributed by atoms with Gasteiger partial charge >= 0.3 is 5.97 Å². The number of rotatable bonds is 8. The van der Waals surface area contributed by atoms with Gasteiger partial charge < -0.3 is 19.5 Å². The van der Waals surface area contributed by atoms with Crippen LogP contribution in [0.25, 0.3) is 16.5 Å². The van der Waals surface area contributed by atoms with E-state index < -0.39 is 5.97 Å². The second-order valence-electron chi connectivity index (χ2n) is 7.11. The van der Waals surface area contributed by atoms with Crippen LogP contribution in [0, 0.1) is 0 Å². The van der Waals surface area contributed by atoms with Gasteiger partial charge in [-0.2, -0.15) is 0 Å². The highest BCUT2D eigenvalue weighted by Crippen LogP contribution is 2.36. The molecule has 166 valence electrons. The number of esters is 1.